The van der Waals surface area contributed by atoms with Crippen LogP contribution in [0.3, 0.4) is 0 Å². The van der Waals surface area contributed by atoms with Crippen LogP contribution in [0.4, 0.5) is 11.4 Å². The Labute approximate surface area is 116 Å². The van der Waals surface area contributed by atoms with Gasteiger partial charge in [0.2, 0.25) is 5.88 Å². The molecule has 0 amide bonds. The van der Waals surface area contributed by atoms with E-state index < -0.39 is 0 Å². The third-order valence-corrected chi connectivity index (χ3v) is 2.95. The Morgan fingerprint density at radius 2 is 2.05 bits per heavy atom. The van der Waals surface area contributed by atoms with Crippen LogP contribution in [0.2, 0.25) is 0 Å². The second-order valence-electron chi connectivity index (χ2n) is 4.23. The average molecular weight is 273 g/mol. The van der Waals surface area contributed by atoms with E-state index in [0.717, 1.165) is 11.4 Å². The monoisotopic (exact) mass is 273 g/mol. The van der Waals surface area contributed by atoms with Gasteiger partial charge in [-0.25, -0.2) is 4.98 Å². The zero-order chi connectivity index (χ0) is 14.5. The standard InChI is InChI=1S/C14H15N3O3/c1-10-12(6-4-7-13(10)17(18)19)15-9-11-5-3-8-14(16-11)20-2/h3-8,15H,9H2,1-2H3. The summed E-state index contributed by atoms with van der Waals surface area (Å²) >= 11 is 0. The molecule has 104 valence electrons. The van der Waals surface area contributed by atoms with Crippen molar-refractivity contribution in [3.05, 3.63) is 57.8 Å². The van der Waals surface area contributed by atoms with Crippen molar-refractivity contribution in [2.75, 3.05) is 12.4 Å². The molecule has 2 aromatic rings. The minimum atomic E-state index is -0.385. The maximum atomic E-state index is 10.9. The number of rotatable bonds is 5. The van der Waals surface area contributed by atoms with E-state index in [9.17, 15) is 10.1 Å². The first-order valence-electron chi connectivity index (χ1n) is 6.09. The number of ether oxygens (including phenoxy) is 1. The van der Waals surface area contributed by atoms with Gasteiger partial charge in [0, 0.05) is 23.4 Å². The van der Waals surface area contributed by atoms with Crippen LogP contribution in [-0.4, -0.2) is 17.0 Å². The van der Waals surface area contributed by atoms with Crippen LogP contribution in [0, 0.1) is 17.0 Å². The number of nitrogens with one attached hydrogen (secondary N) is 1. The number of aromatic nitrogens is 1. The number of benzene rings is 1. The number of nitro benzene ring substituents is 1. The maximum absolute atomic E-state index is 10.9. The first-order valence-corrected chi connectivity index (χ1v) is 6.09. The predicted molar refractivity (Wildman–Crippen MR) is 75.9 cm³/mol. The van der Waals surface area contributed by atoms with Gasteiger partial charge in [-0.05, 0) is 19.1 Å². The molecule has 1 aromatic heterocycles. The van der Waals surface area contributed by atoms with E-state index in [1.165, 1.54) is 6.07 Å². The molecule has 0 aliphatic rings. The number of hydrogen-bond donors (Lipinski definition) is 1. The molecule has 6 nitrogen and oxygen atoms in total. The second kappa shape index (κ2) is 6.01. The largest absolute Gasteiger partial charge is 0.481 e. The van der Waals surface area contributed by atoms with E-state index >= 15 is 0 Å². The molecular formula is C14H15N3O3. The molecule has 0 bridgehead atoms. The van der Waals surface area contributed by atoms with E-state index in [0.29, 0.717) is 18.0 Å². The number of methoxy groups -OCH3 is 1. The van der Waals surface area contributed by atoms with E-state index in [1.807, 2.05) is 18.2 Å². The van der Waals surface area contributed by atoms with Crippen LogP contribution >= 0.6 is 0 Å². The molecule has 1 heterocycles. The molecule has 0 unspecified atom stereocenters. The fraction of sp³-hybridized carbons (Fsp3) is 0.214. The normalized spacial score (nSPS) is 10.1. The van der Waals surface area contributed by atoms with Crippen LogP contribution < -0.4 is 10.1 Å². The molecule has 0 spiro atoms. The number of nitro groups is 1. The van der Waals surface area contributed by atoms with Gasteiger partial charge in [-0.2, -0.15) is 0 Å². The summed E-state index contributed by atoms with van der Waals surface area (Å²) in [5.74, 6) is 0.542. The molecule has 2 rings (SSSR count). The molecule has 6 heteroatoms. The van der Waals surface area contributed by atoms with Gasteiger partial charge in [-0.1, -0.05) is 12.1 Å². The lowest BCUT2D eigenvalue weighted by Crippen LogP contribution is -2.04. The quantitative estimate of drug-likeness (QED) is 0.669. The third-order valence-electron chi connectivity index (χ3n) is 2.95. The molecular weight excluding hydrogens is 258 g/mol. The Balaban J connectivity index is 2.14. The maximum Gasteiger partial charge on any atom is 0.274 e. The van der Waals surface area contributed by atoms with Crippen molar-refractivity contribution < 1.29 is 9.66 Å². The molecule has 0 aliphatic heterocycles. The lowest BCUT2D eigenvalue weighted by Gasteiger charge is -2.09. The van der Waals surface area contributed by atoms with Crippen molar-refractivity contribution in [3.63, 3.8) is 0 Å². The fourth-order valence-electron chi connectivity index (χ4n) is 1.87. The lowest BCUT2D eigenvalue weighted by molar-refractivity contribution is -0.385. The molecule has 1 aromatic carbocycles. The van der Waals surface area contributed by atoms with E-state index in [4.69, 9.17) is 4.74 Å². The van der Waals surface area contributed by atoms with Gasteiger partial charge < -0.3 is 10.1 Å². The Morgan fingerprint density at radius 1 is 1.30 bits per heavy atom. The molecule has 0 saturated carbocycles. The molecule has 0 atom stereocenters. The summed E-state index contributed by atoms with van der Waals surface area (Å²) in [7, 11) is 1.56. The number of hydrogen-bond acceptors (Lipinski definition) is 5. The van der Waals surface area contributed by atoms with Gasteiger partial charge in [0.25, 0.3) is 5.69 Å². The van der Waals surface area contributed by atoms with Gasteiger partial charge in [0.15, 0.2) is 0 Å². The zero-order valence-electron chi connectivity index (χ0n) is 11.3. The highest BCUT2D eigenvalue weighted by Gasteiger charge is 2.12. The van der Waals surface area contributed by atoms with Crippen LogP contribution in [-0.2, 0) is 6.54 Å². The number of pyridine rings is 1. The Bertz CT molecular complexity index is 629. The molecule has 1 N–H and O–H groups in total. The minimum Gasteiger partial charge on any atom is -0.481 e. The fourth-order valence-corrected chi connectivity index (χ4v) is 1.87. The Kier molecular flexibility index (Phi) is 4.14. The van der Waals surface area contributed by atoms with Crippen LogP contribution in [0.1, 0.15) is 11.3 Å². The van der Waals surface area contributed by atoms with Crippen molar-refractivity contribution in [1.29, 1.82) is 0 Å². The second-order valence-corrected chi connectivity index (χ2v) is 4.23. The first kappa shape index (κ1) is 13.8. The van der Waals surface area contributed by atoms with Crippen LogP contribution in [0.5, 0.6) is 5.88 Å². The number of nitrogens with zero attached hydrogens (tertiary/aromatic N) is 2. The summed E-state index contributed by atoms with van der Waals surface area (Å²) in [4.78, 5) is 14.8. The molecule has 0 radical (unpaired) electrons. The van der Waals surface area contributed by atoms with Gasteiger partial charge >= 0.3 is 0 Å². The van der Waals surface area contributed by atoms with Gasteiger partial charge in [-0.3, -0.25) is 10.1 Å². The lowest BCUT2D eigenvalue weighted by atomic mass is 10.1. The molecule has 20 heavy (non-hydrogen) atoms. The molecule has 0 aliphatic carbocycles. The summed E-state index contributed by atoms with van der Waals surface area (Å²) in [6, 6.07) is 10.4. The summed E-state index contributed by atoms with van der Waals surface area (Å²) in [5, 5.41) is 14.0. The zero-order valence-corrected chi connectivity index (χ0v) is 11.3. The van der Waals surface area contributed by atoms with E-state index in [2.05, 4.69) is 10.3 Å². The van der Waals surface area contributed by atoms with Crippen molar-refractivity contribution in [3.8, 4) is 5.88 Å². The average Bonchev–Trinajstić information content (AvgIpc) is 2.46. The summed E-state index contributed by atoms with van der Waals surface area (Å²) in [6.45, 7) is 2.19. The number of anilines is 1. The van der Waals surface area contributed by atoms with Gasteiger partial charge in [0.1, 0.15) is 0 Å². The highest BCUT2D eigenvalue weighted by atomic mass is 16.6. The van der Waals surface area contributed by atoms with Crippen molar-refractivity contribution in [2.24, 2.45) is 0 Å². The Morgan fingerprint density at radius 3 is 2.75 bits per heavy atom. The summed E-state index contributed by atoms with van der Waals surface area (Å²) in [5.41, 5.74) is 2.24. The Hall–Kier alpha value is -2.63. The SMILES string of the molecule is COc1cccc(CNc2cccc([N+](=O)[O-])c2C)n1. The van der Waals surface area contributed by atoms with Gasteiger partial charge in [0.05, 0.1) is 24.3 Å². The van der Waals surface area contributed by atoms with Crippen molar-refractivity contribution in [1.82, 2.24) is 4.98 Å². The summed E-state index contributed by atoms with van der Waals surface area (Å²) in [6.07, 6.45) is 0. The first-order chi connectivity index (χ1) is 9.61. The van der Waals surface area contributed by atoms with E-state index in [-0.39, 0.29) is 10.6 Å². The van der Waals surface area contributed by atoms with Crippen molar-refractivity contribution in [2.45, 2.75) is 13.5 Å². The summed E-state index contributed by atoms with van der Waals surface area (Å²) < 4.78 is 5.05. The van der Waals surface area contributed by atoms with Gasteiger partial charge in [-0.15, -0.1) is 0 Å². The minimum absolute atomic E-state index is 0.105. The van der Waals surface area contributed by atoms with E-state index in [1.54, 1.807) is 26.2 Å². The topological polar surface area (TPSA) is 77.3 Å². The highest BCUT2D eigenvalue weighted by molar-refractivity contribution is 5.59. The van der Waals surface area contributed by atoms with Crippen molar-refractivity contribution >= 4 is 11.4 Å². The molecule has 0 saturated heterocycles. The smallest absolute Gasteiger partial charge is 0.274 e. The van der Waals surface area contributed by atoms with Crippen LogP contribution in [0.25, 0.3) is 0 Å². The predicted octanol–water partition coefficient (Wildman–Crippen LogP) is 2.92. The molecule has 0 fully saturated rings. The highest BCUT2D eigenvalue weighted by Crippen LogP contribution is 2.25. The third kappa shape index (κ3) is 3.03. The van der Waals surface area contributed by atoms with Crippen LogP contribution in [0.15, 0.2) is 36.4 Å².